The molecule has 404 valence electrons. The Bertz CT molecular complexity index is 2070. The minimum atomic E-state index is -1.28. The van der Waals surface area contributed by atoms with Gasteiger partial charge in [-0.2, -0.15) is 11.8 Å². The van der Waals surface area contributed by atoms with Gasteiger partial charge in [0.15, 0.2) is 11.9 Å². The van der Waals surface area contributed by atoms with Crippen LogP contribution in [0.15, 0.2) is 40.4 Å². The van der Waals surface area contributed by atoms with E-state index in [9.17, 15) is 38.7 Å². The number of carboxylic acid groups (broad SMARTS) is 1. The quantitative estimate of drug-likeness (QED) is 0.0185. The topological polar surface area (TPSA) is 461 Å². The Morgan fingerprint density at radius 2 is 0.958 bits per heavy atom. The highest BCUT2D eigenvalue weighted by Crippen LogP contribution is 2.20. The molecule has 0 aliphatic rings. The van der Waals surface area contributed by atoms with Crippen molar-refractivity contribution in [1.82, 2.24) is 36.9 Å². The number of aromatic nitrogens is 1. The Morgan fingerprint density at radius 3 is 1.43 bits per heavy atom. The maximum Gasteiger partial charge on any atom is 0.326 e. The smallest absolute Gasteiger partial charge is 0.326 e. The number of para-hydroxylation sites is 1. The van der Waals surface area contributed by atoms with Crippen LogP contribution in [-0.2, 0) is 40.0 Å². The van der Waals surface area contributed by atoms with Crippen molar-refractivity contribution in [3.63, 3.8) is 0 Å². The van der Waals surface area contributed by atoms with Crippen LogP contribution < -0.4 is 77.8 Å². The molecule has 0 bridgehead atoms. The van der Waals surface area contributed by atoms with Gasteiger partial charge < -0.3 is 87.9 Å². The van der Waals surface area contributed by atoms with E-state index in [1.807, 2.05) is 30.5 Å². The zero-order valence-electron chi connectivity index (χ0n) is 41.5. The Balaban J connectivity index is 2.43. The summed E-state index contributed by atoms with van der Waals surface area (Å²) >= 11 is 1.42. The number of hydrogen-bond acceptors (Lipinski definition) is 14. The Morgan fingerprint density at radius 1 is 0.556 bits per heavy atom. The number of amides is 6. The minimum absolute atomic E-state index is 0.0323. The third-order valence-electron chi connectivity index (χ3n) is 11.6. The minimum Gasteiger partial charge on any atom is -0.480 e. The monoisotopic (exact) mass is 1030 g/mol. The summed E-state index contributed by atoms with van der Waals surface area (Å²) in [5, 5.41) is 27.1. The predicted octanol–water partition coefficient (Wildman–Crippen LogP) is -2.72. The van der Waals surface area contributed by atoms with E-state index in [-0.39, 0.29) is 76.4 Å². The van der Waals surface area contributed by atoms with Gasteiger partial charge >= 0.3 is 5.97 Å². The molecule has 24 N–H and O–H groups in total. The number of nitrogens with zero attached hydrogens (tertiary/aromatic N) is 2. The molecule has 7 atom stereocenters. The molecule has 0 saturated heterocycles. The first kappa shape index (κ1) is 61.9. The second-order valence-electron chi connectivity index (χ2n) is 17.4. The summed E-state index contributed by atoms with van der Waals surface area (Å²) in [5.41, 5.74) is 46.6. The molecule has 72 heavy (non-hydrogen) atoms. The summed E-state index contributed by atoms with van der Waals surface area (Å²) in [5.74, 6) is -5.30. The van der Waals surface area contributed by atoms with Crippen LogP contribution >= 0.6 is 11.8 Å². The molecule has 0 unspecified atom stereocenters. The summed E-state index contributed by atoms with van der Waals surface area (Å²) < 4.78 is 0. The number of thioether (sulfide) groups is 1. The number of H-pyrrole nitrogens is 1. The highest BCUT2D eigenvalue weighted by molar-refractivity contribution is 7.98. The molecule has 6 amide bonds. The van der Waals surface area contributed by atoms with E-state index in [0.717, 1.165) is 10.9 Å². The van der Waals surface area contributed by atoms with Crippen molar-refractivity contribution >= 4 is 76.0 Å². The lowest BCUT2D eigenvalue weighted by atomic mass is 10.0. The molecule has 0 saturated carbocycles. The lowest BCUT2D eigenvalue weighted by Gasteiger charge is -2.28. The van der Waals surface area contributed by atoms with Crippen LogP contribution in [0.3, 0.4) is 0 Å². The molecule has 1 heterocycles. The number of aliphatic imine (C=N–C) groups is 2. The first-order valence-corrected chi connectivity index (χ1v) is 25.9. The molecule has 2 aromatic rings. The van der Waals surface area contributed by atoms with E-state index >= 15 is 0 Å². The molecule has 0 fully saturated rings. The molecule has 26 heteroatoms. The zero-order chi connectivity index (χ0) is 53.4. The van der Waals surface area contributed by atoms with Crippen molar-refractivity contribution in [2.45, 2.75) is 139 Å². The van der Waals surface area contributed by atoms with E-state index in [1.54, 1.807) is 6.20 Å². The maximum atomic E-state index is 14.4. The number of carboxylic acids is 1. The number of fused-ring (bicyclic) bond motifs is 1. The third-order valence-corrected chi connectivity index (χ3v) is 12.2. The first-order chi connectivity index (χ1) is 34.4. The van der Waals surface area contributed by atoms with Crippen LogP contribution in [0.4, 0.5) is 0 Å². The van der Waals surface area contributed by atoms with Crippen LogP contribution in [0.5, 0.6) is 0 Å². The number of carbonyl (C=O) groups is 7. The fraction of sp³-hybridized carbons (Fsp3) is 0.630. The number of aliphatic carboxylic acids is 1. The number of nitrogens with two attached hydrogens (primary N) is 8. The van der Waals surface area contributed by atoms with Gasteiger partial charge in [-0.15, -0.1) is 0 Å². The lowest BCUT2D eigenvalue weighted by molar-refractivity contribution is -0.142. The molecular formula is C46H81N17O8S. The van der Waals surface area contributed by atoms with Gasteiger partial charge in [0.25, 0.3) is 0 Å². The summed E-state index contributed by atoms with van der Waals surface area (Å²) in [6.45, 7) is 1.32. The van der Waals surface area contributed by atoms with Crippen molar-refractivity contribution in [3.05, 3.63) is 36.0 Å². The molecular weight excluding hydrogens is 951 g/mol. The molecule has 25 nitrogen and oxygen atoms in total. The fourth-order valence-electron chi connectivity index (χ4n) is 7.57. The van der Waals surface area contributed by atoms with Gasteiger partial charge in [0.05, 0.1) is 6.04 Å². The van der Waals surface area contributed by atoms with Gasteiger partial charge in [-0.25, -0.2) is 4.79 Å². The van der Waals surface area contributed by atoms with Crippen molar-refractivity contribution in [1.29, 1.82) is 0 Å². The number of rotatable bonds is 38. The first-order valence-electron chi connectivity index (χ1n) is 24.5. The van der Waals surface area contributed by atoms with Crippen LogP contribution in [0, 0.1) is 0 Å². The summed E-state index contributed by atoms with van der Waals surface area (Å²) in [6.07, 6.45) is 7.66. The van der Waals surface area contributed by atoms with Crippen LogP contribution in [0.25, 0.3) is 10.9 Å². The average Bonchev–Trinajstić information content (AvgIpc) is 3.75. The normalized spacial score (nSPS) is 14.0. The zero-order valence-corrected chi connectivity index (χ0v) is 42.3. The molecule has 0 aliphatic heterocycles. The van der Waals surface area contributed by atoms with Crippen molar-refractivity contribution in [2.75, 3.05) is 44.7 Å². The van der Waals surface area contributed by atoms with Gasteiger partial charge in [-0.1, -0.05) is 18.2 Å². The van der Waals surface area contributed by atoms with E-state index in [0.29, 0.717) is 75.9 Å². The van der Waals surface area contributed by atoms with Gasteiger partial charge in [0.2, 0.25) is 35.4 Å². The molecule has 2 rings (SSSR count). The van der Waals surface area contributed by atoms with E-state index in [1.165, 1.54) is 11.8 Å². The summed E-state index contributed by atoms with van der Waals surface area (Å²) in [4.78, 5) is 107. The van der Waals surface area contributed by atoms with Gasteiger partial charge in [0, 0.05) is 36.6 Å². The van der Waals surface area contributed by atoms with Crippen LogP contribution in [0.2, 0.25) is 0 Å². The van der Waals surface area contributed by atoms with Crippen LogP contribution in [0.1, 0.15) is 95.5 Å². The number of guanidine groups is 2. The van der Waals surface area contributed by atoms with Gasteiger partial charge in [0.1, 0.15) is 36.3 Å². The molecule has 0 radical (unpaired) electrons. The van der Waals surface area contributed by atoms with Crippen LogP contribution in [-0.4, -0.2) is 150 Å². The summed E-state index contributed by atoms with van der Waals surface area (Å²) in [6, 6.07) is -0.984. The maximum absolute atomic E-state index is 14.4. The number of benzene rings is 1. The second-order valence-corrected chi connectivity index (χ2v) is 18.4. The SMILES string of the molecule is CSCC[C@H](NC(=O)[C@H](CCCN=C(N)N)NC(=O)[C@@H](N)CCCN=C(N)N)C(=O)N[C@@H](CCCCN)C(=O)N[C@@H](CCCCN)C(=O)N[C@@H](Cc1c[nH]c2ccccc12)C(=O)N[C@@H](CCCCN)C(=O)O. The standard InChI is InChI=1S/C46H81N17O8S/c1-72-25-19-35(61-40(66)34(18-11-24-56-46(53)54)58-38(64)30(50)13-10-23-55-45(51)52)42(68)60-32(15-4-7-20-47)39(65)59-33(16-5-8-21-48)41(67)63-37(26-28-27-57-31-14-3-2-12-29(28)31)43(69)62-36(44(70)71)17-6-9-22-49/h2-3,12,14,27,30,32-37,57H,4-11,13,15-26,47-50H2,1H3,(H,58,64)(H,59,65)(H,60,68)(H,61,66)(H,62,69)(H,63,67)(H,70,71)(H4,51,52,55)(H4,53,54,56)/t30-,32-,33-,34-,35-,36-,37-/m0/s1. The number of aromatic amines is 1. The Labute approximate surface area is 425 Å². The lowest BCUT2D eigenvalue weighted by Crippen LogP contribution is -2.60. The Kier molecular flexibility index (Phi) is 30.1. The van der Waals surface area contributed by atoms with Crippen molar-refractivity contribution < 1.29 is 38.7 Å². The molecule has 1 aromatic heterocycles. The molecule has 0 aliphatic carbocycles. The highest BCUT2D eigenvalue weighted by atomic mass is 32.2. The summed E-state index contributed by atoms with van der Waals surface area (Å²) in [7, 11) is 0. The van der Waals surface area contributed by atoms with Gasteiger partial charge in [-0.05, 0) is 133 Å². The second kappa shape index (κ2) is 35.0. The van der Waals surface area contributed by atoms with E-state index < -0.39 is 83.7 Å². The third kappa shape index (κ3) is 23.8. The Hall–Kier alpha value is -6.22. The van der Waals surface area contributed by atoms with Crippen molar-refractivity contribution in [3.8, 4) is 0 Å². The van der Waals surface area contributed by atoms with Gasteiger partial charge in [-0.3, -0.25) is 38.8 Å². The number of unbranched alkanes of at least 4 members (excludes halogenated alkanes) is 3. The number of carbonyl (C=O) groups excluding carboxylic acids is 6. The highest BCUT2D eigenvalue weighted by Gasteiger charge is 2.34. The van der Waals surface area contributed by atoms with E-state index in [4.69, 9.17) is 45.9 Å². The van der Waals surface area contributed by atoms with E-state index in [2.05, 4.69) is 46.9 Å². The van der Waals surface area contributed by atoms with Crippen molar-refractivity contribution in [2.24, 2.45) is 55.9 Å². The number of hydrogen-bond donors (Lipinski definition) is 16. The average molecular weight is 1030 g/mol. The largest absolute Gasteiger partial charge is 0.480 e. The fourth-order valence-corrected chi connectivity index (χ4v) is 8.04. The molecule has 0 spiro atoms. The predicted molar refractivity (Wildman–Crippen MR) is 281 cm³/mol. The molecule has 1 aromatic carbocycles. The number of nitrogens with one attached hydrogen (secondary N) is 7.